The molecule has 5 rings (SSSR count). The minimum atomic E-state index is -0.793. The summed E-state index contributed by atoms with van der Waals surface area (Å²) in [6.07, 6.45) is 5.06. The topological polar surface area (TPSA) is 180 Å². The minimum absolute atomic E-state index is 0.0977. The minimum Gasteiger partial charge on any atom is -0.506 e. The normalized spacial score (nSPS) is 16.2. The Morgan fingerprint density at radius 1 is 1.24 bits per heavy atom. The molecule has 0 saturated carbocycles. The number of nitrogens with one attached hydrogen (secondary N) is 1. The van der Waals surface area contributed by atoms with Crippen LogP contribution in [0.15, 0.2) is 75.7 Å². The summed E-state index contributed by atoms with van der Waals surface area (Å²) < 4.78 is 5.18. The quantitative estimate of drug-likeness (QED) is 0.212. The highest BCUT2D eigenvalue weighted by Crippen LogP contribution is 2.41. The number of aromatic hydroxyl groups is 1. The van der Waals surface area contributed by atoms with E-state index in [2.05, 4.69) is 27.1 Å². The van der Waals surface area contributed by atoms with Gasteiger partial charge in [-0.3, -0.25) is 4.79 Å². The highest BCUT2D eigenvalue weighted by atomic mass is 35.5. The Hall–Kier alpha value is -4.68. The number of aliphatic hydroxyl groups is 1. The van der Waals surface area contributed by atoms with Crippen LogP contribution in [0.1, 0.15) is 25.3 Å². The summed E-state index contributed by atoms with van der Waals surface area (Å²) >= 11 is 7.92. The molecule has 1 aromatic heterocycles. The van der Waals surface area contributed by atoms with Gasteiger partial charge in [-0.15, -0.1) is 0 Å². The predicted molar refractivity (Wildman–Crippen MR) is 179 cm³/mol. The van der Waals surface area contributed by atoms with E-state index < -0.39 is 11.7 Å². The molecule has 0 spiro atoms. The van der Waals surface area contributed by atoms with E-state index in [1.54, 1.807) is 43.5 Å². The number of allylic oxidation sites excluding steroid dienone is 1. The number of aliphatic hydroxyl groups excluding tert-OH is 1. The number of aromatic nitrogens is 2. The standard InChI is InChI=1S/C32H34ClN7O5S/c1-32(17-34)9-11-40(12-10-32)25-14-36-31(29(35)38-25)46-24-6-4-5-20(27(24)33)37-30(44)26-21(16-41)39(2)15-19(28(26)43)18-7-8-22(42)23(13-18)45-3/h4-8,13-15,42-43H,9-12,17,34H2,1-3H3,(H2,35,38)(H,37,44). The number of likely N-dealkylation sites (N-methyl/N-ethyl adjacent to an activating group) is 1. The molecule has 1 fully saturated rings. The summed E-state index contributed by atoms with van der Waals surface area (Å²) in [5.74, 6) is 1.48. The largest absolute Gasteiger partial charge is 0.506 e. The van der Waals surface area contributed by atoms with Gasteiger partial charge in [-0.25, -0.2) is 14.8 Å². The molecule has 0 radical (unpaired) electrons. The fourth-order valence-corrected chi connectivity index (χ4v) is 6.30. The van der Waals surface area contributed by atoms with Crippen molar-refractivity contribution in [3.05, 3.63) is 76.4 Å². The van der Waals surface area contributed by atoms with Crippen LogP contribution < -0.4 is 26.4 Å². The van der Waals surface area contributed by atoms with Gasteiger partial charge in [0.25, 0.3) is 5.91 Å². The van der Waals surface area contributed by atoms with Crippen LogP contribution in [0.25, 0.3) is 5.57 Å². The fourth-order valence-electron chi connectivity index (χ4n) is 5.21. The van der Waals surface area contributed by atoms with E-state index in [0.29, 0.717) is 27.8 Å². The van der Waals surface area contributed by atoms with E-state index in [9.17, 15) is 19.8 Å². The Morgan fingerprint density at radius 2 is 1.98 bits per heavy atom. The molecule has 3 aromatic rings. The molecule has 0 aliphatic carbocycles. The van der Waals surface area contributed by atoms with Crippen molar-refractivity contribution in [2.24, 2.45) is 11.1 Å². The second-order valence-corrected chi connectivity index (χ2v) is 12.7. The zero-order valence-electron chi connectivity index (χ0n) is 25.5. The number of ether oxygens (including phenoxy) is 1. The van der Waals surface area contributed by atoms with Gasteiger partial charge in [0.15, 0.2) is 23.3 Å². The van der Waals surface area contributed by atoms with E-state index in [0.717, 1.165) is 25.9 Å². The second kappa shape index (κ2) is 13.4. The molecule has 240 valence electrons. The number of nitrogens with zero attached hydrogens (tertiary/aromatic N) is 4. The van der Waals surface area contributed by atoms with Crippen LogP contribution in [0.5, 0.6) is 11.5 Å². The number of piperidine rings is 1. The Balaban J connectivity index is 1.37. The first-order chi connectivity index (χ1) is 22.0. The van der Waals surface area contributed by atoms with E-state index >= 15 is 0 Å². The smallest absolute Gasteiger partial charge is 0.262 e. The van der Waals surface area contributed by atoms with Crippen molar-refractivity contribution >= 4 is 58.1 Å². The molecule has 2 aromatic carbocycles. The Kier molecular flexibility index (Phi) is 9.50. The predicted octanol–water partition coefficient (Wildman–Crippen LogP) is 4.60. The molecule has 0 atom stereocenters. The number of hydrogen-bond donors (Lipinski definition) is 5. The highest BCUT2D eigenvalue weighted by Gasteiger charge is 2.32. The van der Waals surface area contributed by atoms with Crippen LogP contribution in [0, 0.1) is 5.41 Å². The number of phenols is 1. The number of nitrogens with two attached hydrogens (primary N) is 2. The van der Waals surface area contributed by atoms with Crippen molar-refractivity contribution in [2.75, 3.05) is 49.7 Å². The average molecular weight is 664 g/mol. The molecule has 1 amide bonds. The molecule has 2 aliphatic heterocycles. The number of carbonyl (C=O) groups excluding carboxylic acids is 2. The van der Waals surface area contributed by atoms with Crippen LogP contribution in [0.4, 0.5) is 17.3 Å². The second-order valence-electron chi connectivity index (χ2n) is 11.3. The third-order valence-corrected chi connectivity index (χ3v) is 9.76. The van der Waals surface area contributed by atoms with Crippen LogP contribution >= 0.6 is 23.4 Å². The third-order valence-electron chi connectivity index (χ3n) is 8.18. The summed E-state index contributed by atoms with van der Waals surface area (Å²) in [6, 6.07) is 9.46. The molecule has 12 nitrogen and oxygen atoms in total. The van der Waals surface area contributed by atoms with Crippen LogP contribution in [-0.4, -0.2) is 70.7 Å². The zero-order chi connectivity index (χ0) is 33.2. The summed E-state index contributed by atoms with van der Waals surface area (Å²) in [4.78, 5) is 38.7. The maximum atomic E-state index is 13.6. The lowest BCUT2D eigenvalue weighted by Gasteiger charge is -2.39. The maximum Gasteiger partial charge on any atom is 0.262 e. The number of benzene rings is 2. The maximum absolute atomic E-state index is 13.6. The van der Waals surface area contributed by atoms with Crippen molar-refractivity contribution in [2.45, 2.75) is 29.7 Å². The Bertz CT molecular complexity index is 1800. The molecule has 3 heterocycles. The molecule has 14 heteroatoms. The first-order valence-corrected chi connectivity index (χ1v) is 15.5. The van der Waals surface area contributed by atoms with Gasteiger partial charge in [-0.05, 0) is 54.6 Å². The number of nitrogen functional groups attached to an aromatic ring is 1. The summed E-state index contributed by atoms with van der Waals surface area (Å²) in [7, 11) is 2.93. The van der Waals surface area contributed by atoms with E-state index in [1.165, 1.54) is 42.1 Å². The number of rotatable bonds is 8. The van der Waals surface area contributed by atoms with Gasteiger partial charge in [0.1, 0.15) is 27.9 Å². The van der Waals surface area contributed by atoms with Gasteiger partial charge in [0.2, 0.25) is 0 Å². The number of anilines is 3. The Morgan fingerprint density at radius 3 is 2.63 bits per heavy atom. The number of methoxy groups -OCH3 is 1. The van der Waals surface area contributed by atoms with E-state index in [-0.39, 0.29) is 50.3 Å². The first kappa shape index (κ1) is 32.7. The molecular weight excluding hydrogens is 630 g/mol. The van der Waals surface area contributed by atoms with Gasteiger partial charge in [0, 0.05) is 36.8 Å². The lowest BCUT2D eigenvalue weighted by atomic mass is 9.80. The number of carbonyl (C=O) groups is 1. The van der Waals surface area contributed by atoms with Gasteiger partial charge >= 0.3 is 0 Å². The molecule has 2 aliphatic rings. The van der Waals surface area contributed by atoms with Crippen molar-refractivity contribution in [3.8, 4) is 11.5 Å². The van der Waals surface area contributed by atoms with Gasteiger partial charge in [0.05, 0.1) is 24.0 Å². The van der Waals surface area contributed by atoms with E-state index in [4.69, 9.17) is 27.8 Å². The van der Waals surface area contributed by atoms with Crippen molar-refractivity contribution in [3.63, 3.8) is 0 Å². The van der Waals surface area contributed by atoms with E-state index in [1.807, 2.05) is 0 Å². The van der Waals surface area contributed by atoms with Crippen molar-refractivity contribution in [1.29, 1.82) is 0 Å². The lowest BCUT2D eigenvalue weighted by Crippen LogP contribution is -2.42. The van der Waals surface area contributed by atoms with Gasteiger partial charge < -0.3 is 41.5 Å². The van der Waals surface area contributed by atoms with Crippen LogP contribution in [0.3, 0.4) is 0 Å². The SMILES string of the molecule is COc1cc(C2=CN(C)C(=C=O)C(C(=O)Nc3cccc(Sc4ncc(N5CCC(C)(CN)CC5)nc4N)c3Cl)=C2O)ccc1O. The molecule has 0 unspecified atom stereocenters. The summed E-state index contributed by atoms with van der Waals surface area (Å²) in [5.41, 5.74) is 12.8. The molecule has 1 saturated heterocycles. The van der Waals surface area contributed by atoms with Crippen LogP contribution in [-0.2, 0) is 9.59 Å². The Labute approximate surface area is 275 Å². The van der Waals surface area contributed by atoms with Crippen molar-refractivity contribution < 1.29 is 24.5 Å². The molecule has 0 bridgehead atoms. The lowest BCUT2D eigenvalue weighted by molar-refractivity contribution is -0.112. The number of phenolic OH excluding ortho intramolecular Hbond substituents is 1. The number of halogens is 1. The molecule has 46 heavy (non-hydrogen) atoms. The zero-order valence-corrected chi connectivity index (χ0v) is 27.1. The highest BCUT2D eigenvalue weighted by molar-refractivity contribution is 7.99. The fraction of sp³-hybridized carbons (Fsp3) is 0.281. The third kappa shape index (κ3) is 6.49. The summed E-state index contributed by atoms with van der Waals surface area (Å²) in [5, 5.41) is 24.6. The van der Waals surface area contributed by atoms with Crippen molar-refractivity contribution in [1.82, 2.24) is 14.9 Å². The monoisotopic (exact) mass is 663 g/mol. The van der Waals surface area contributed by atoms with Gasteiger partial charge in [-0.1, -0.05) is 42.4 Å². The average Bonchev–Trinajstić information content (AvgIpc) is 3.05. The molecule has 7 N–H and O–H groups in total. The summed E-state index contributed by atoms with van der Waals surface area (Å²) in [6.45, 7) is 4.46. The van der Waals surface area contributed by atoms with Crippen LogP contribution in [0.2, 0.25) is 5.02 Å². The number of hydrogen-bond acceptors (Lipinski definition) is 12. The van der Waals surface area contributed by atoms with Gasteiger partial charge in [-0.2, -0.15) is 0 Å². The molecular formula is C32H34ClN7O5S. The first-order valence-electron chi connectivity index (χ1n) is 14.3. The number of amides is 1.